The quantitative estimate of drug-likeness (QED) is 0.700. The van der Waals surface area contributed by atoms with Gasteiger partial charge in [0.15, 0.2) is 5.75 Å². The first-order valence-electron chi connectivity index (χ1n) is 8.90. The van der Waals surface area contributed by atoms with E-state index in [0.29, 0.717) is 28.0 Å². The topological polar surface area (TPSA) is 98.5 Å². The van der Waals surface area contributed by atoms with Crippen LogP contribution in [0.4, 0.5) is 0 Å². The van der Waals surface area contributed by atoms with Crippen molar-refractivity contribution < 1.29 is 13.9 Å². The number of hydrogen-bond donors (Lipinski definition) is 1. The molecule has 0 spiro atoms. The van der Waals surface area contributed by atoms with Crippen molar-refractivity contribution in [2.24, 2.45) is 5.73 Å². The Labute approximate surface area is 161 Å². The Hall–Kier alpha value is -3.72. The molecule has 6 heteroatoms. The molecule has 1 aromatic heterocycles. The molecule has 28 heavy (non-hydrogen) atoms. The molecule has 0 aliphatic carbocycles. The zero-order valence-corrected chi connectivity index (χ0v) is 15.4. The van der Waals surface area contributed by atoms with Gasteiger partial charge >= 0.3 is 5.63 Å². The first kappa shape index (κ1) is 17.7. The number of nitrogens with zero attached hydrogens (tertiary/aromatic N) is 1. The Balaban J connectivity index is 2.05. The van der Waals surface area contributed by atoms with Gasteiger partial charge in [-0.15, -0.1) is 0 Å². The van der Waals surface area contributed by atoms with Crippen molar-refractivity contribution in [3.63, 3.8) is 0 Å². The Morgan fingerprint density at radius 1 is 1.14 bits per heavy atom. The second-order valence-corrected chi connectivity index (χ2v) is 6.76. The van der Waals surface area contributed by atoms with Crippen molar-refractivity contribution in [1.29, 1.82) is 5.26 Å². The minimum Gasteiger partial charge on any atom is -0.491 e. The van der Waals surface area contributed by atoms with Crippen molar-refractivity contribution in [2.45, 2.75) is 25.9 Å². The van der Waals surface area contributed by atoms with E-state index in [1.165, 1.54) is 0 Å². The Morgan fingerprint density at radius 2 is 1.86 bits per heavy atom. The molecule has 2 heterocycles. The van der Waals surface area contributed by atoms with E-state index in [0.717, 1.165) is 0 Å². The number of nitriles is 1. The third-order valence-corrected chi connectivity index (χ3v) is 4.57. The summed E-state index contributed by atoms with van der Waals surface area (Å²) in [6.45, 7) is 3.82. The maximum absolute atomic E-state index is 12.9. The molecule has 0 bridgehead atoms. The second-order valence-electron chi connectivity index (χ2n) is 6.76. The SMILES string of the molecule is CC(C)Oc1ccccc1[C@@H]1C(C#N)=C(N)Oc2c1c(=O)oc1ccccc21. The van der Waals surface area contributed by atoms with E-state index >= 15 is 0 Å². The molecule has 2 N–H and O–H groups in total. The van der Waals surface area contributed by atoms with Crippen molar-refractivity contribution in [2.75, 3.05) is 0 Å². The molecule has 4 rings (SSSR count). The molecule has 0 radical (unpaired) electrons. The van der Waals surface area contributed by atoms with Crippen LogP contribution >= 0.6 is 0 Å². The van der Waals surface area contributed by atoms with Gasteiger partial charge in [-0.2, -0.15) is 5.26 Å². The van der Waals surface area contributed by atoms with Gasteiger partial charge in [-0.25, -0.2) is 4.79 Å². The number of hydrogen-bond acceptors (Lipinski definition) is 6. The highest BCUT2D eigenvalue weighted by Gasteiger charge is 2.37. The zero-order valence-electron chi connectivity index (χ0n) is 15.4. The monoisotopic (exact) mass is 374 g/mol. The van der Waals surface area contributed by atoms with Gasteiger partial charge in [0.1, 0.15) is 23.0 Å². The summed E-state index contributed by atoms with van der Waals surface area (Å²) in [6.07, 6.45) is -0.0830. The lowest BCUT2D eigenvalue weighted by molar-refractivity contribution is 0.239. The van der Waals surface area contributed by atoms with Crippen molar-refractivity contribution in [3.05, 3.63) is 81.5 Å². The smallest absolute Gasteiger partial charge is 0.344 e. The third-order valence-electron chi connectivity index (χ3n) is 4.57. The first-order valence-corrected chi connectivity index (χ1v) is 8.90. The van der Waals surface area contributed by atoms with E-state index in [-0.39, 0.29) is 23.1 Å². The fraction of sp³-hybridized carbons (Fsp3) is 0.182. The summed E-state index contributed by atoms with van der Waals surface area (Å²) in [6, 6.07) is 16.4. The van der Waals surface area contributed by atoms with E-state index in [1.54, 1.807) is 24.3 Å². The van der Waals surface area contributed by atoms with Crippen molar-refractivity contribution in [3.8, 4) is 17.6 Å². The highest BCUT2D eigenvalue weighted by molar-refractivity contribution is 5.86. The number of ether oxygens (including phenoxy) is 2. The second kappa shape index (κ2) is 6.78. The standard InChI is InChI=1S/C22H18N2O4/c1-12(2)26-16-9-5-3-7-13(16)18-15(11-23)21(24)28-20-14-8-4-6-10-17(14)27-22(25)19(18)20/h3-10,12,18H,24H2,1-2H3/t18-/m1/s1. The molecule has 0 saturated carbocycles. The van der Waals surface area contributed by atoms with Crippen LogP contribution in [0, 0.1) is 11.3 Å². The largest absolute Gasteiger partial charge is 0.491 e. The third kappa shape index (κ3) is 2.78. The number of benzene rings is 2. The van der Waals surface area contributed by atoms with Crippen LogP contribution in [0.2, 0.25) is 0 Å². The first-order chi connectivity index (χ1) is 13.5. The molecular weight excluding hydrogens is 356 g/mol. The molecule has 140 valence electrons. The van der Waals surface area contributed by atoms with Gasteiger partial charge in [-0.1, -0.05) is 30.3 Å². The van der Waals surface area contributed by atoms with Crippen LogP contribution in [-0.2, 0) is 0 Å². The summed E-state index contributed by atoms with van der Waals surface area (Å²) in [7, 11) is 0. The van der Waals surface area contributed by atoms with Gasteiger partial charge < -0.3 is 19.6 Å². The molecule has 0 fully saturated rings. The predicted octanol–water partition coefficient (Wildman–Crippen LogP) is 3.80. The lowest BCUT2D eigenvalue weighted by atomic mass is 9.83. The molecule has 0 unspecified atom stereocenters. The van der Waals surface area contributed by atoms with E-state index in [4.69, 9.17) is 19.6 Å². The van der Waals surface area contributed by atoms with Crippen LogP contribution in [0.3, 0.4) is 0 Å². The molecule has 0 amide bonds. The Bertz CT molecular complexity index is 1200. The summed E-state index contributed by atoms with van der Waals surface area (Å²) in [5.74, 6) is 0.107. The Morgan fingerprint density at radius 3 is 2.61 bits per heavy atom. The number of para-hydroxylation sites is 2. The lowest BCUT2D eigenvalue weighted by Crippen LogP contribution is -2.26. The maximum Gasteiger partial charge on any atom is 0.344 e. The van der Waals surface area contributed by atoms with Crippen LogP contribution in [-0.4, -0.2) is 6.10 Å². The number of allylic oxidation sites excluding steroid dienone is 1. The van der Waals surface area contributed by atoms with Crippen LogP contribution in [0.1, 0.15) is 30.9 Å². The molecule has 1 atom stereocenters. The van der Waals surface area contributed by atoms with E-state index in [9.17, 15) is 10.1 Å². The van der Waals surface area contributed by atoms with E-state index in [1.807, 2.05) is 38.1 Å². The van der Waals surface area contributed by atoms with Crippen LogP contribution in [0.25, 0.3) is 11.0 Å². The molecule has 1 aliphatic rings. The minimum absolute atomic E-state index is 0.0323. The summed E-state index contributed by atoms with van der Waals surface area (Å²) in [5.41, 5.74) is 6.95. The van der Waals surface area contributed by atoms with E-state index in [2.05, 4.69) is 6.07 Å². The van der Waals surface area contributed by atoms with E-state index < -0.39 is 11.5 Å². The van der Waals surface area contributed by atoms with Crippen LogP contribution < -0.4 is 20.8 Å². The normalized spacial score (nSPS) is 15.9. The van der Waals surface area contributed by atoms with Crippen LogP contribution in [0.15, 0.2) is 69.2 Å². The van der Waals surface area contributed by atoms with Gasteiger partial charge in [0, 0.05) is 5.56 Å². The summed E-state index contributed by atoms with van der Waals surface area (Å²) >= 11 is 0. The van der Waals surface area contributed by atoms with Gasteiger partial charge in [-0.05, 0) is 32.0 Å². The molecular formula is C22H18N2O4. The highest BCUT2D eigenvalue weighted by Crippen LogP contribution is 2.45. The fourth-order valence-electron chi connectivity index (χ4n) is 3.46. The highest BCUT2D eigenvalue weighted by atomic mass is 16.5. The van der Waals surface area contributed by atoms with Crippen molar-refractivity contribution >= 4 is 11.0 Å². The summed E-state index contributed by atoms with van der Waals surface area (Å²) < 4.78 is 17.2. The average molecular weight is 374 g/mol. The number of nitrogens with two attached hydrogens (primary N) is 1. The number of fused-ring (bicyclic) bond motifs is 3. The van der Waals surface area contributed by atoms with Gasteiger partial charge in [0.05, 0.1) is 23.0 Å². The molecule has 2 aromatic carbocycles. The van der Waals surface area contributed by atoms with Crippen molar-refractivity contribution in [1.82, 2.24) is 0 Å². The molecule has 1 aliphatic heterocycles. The number of rotatable bonds is 3. The average Bonchev–Trinajstić information content (AvgIpc) is 2.67. The van der Waals surface area contributed by atoms with Gasteiger partial charge in [0.2, 0.25) is 5.88 Å². The molecule has 0 saturated heterocycles. The summed E-state index contributed by atoms with van der Waals surface area (Å²) in [5, 5.41) is 10.4. The fourth-order valence-corrected chi connectivity index (χ4v) is 3.46. The summed E-state index contributed by atoms with van der Waals surface area (Å²) in [4.78, 5) is 12.9. The lowest BCUT2D eigenvalue weighted by Gasteiger charge is -2.27. The maximum atomic E-state index is 12.9. The van der Waals surface area contributed by atoms with Crippen LogP contribution in [0.5, 0.6) is 11.5 Å². The minimum atomic E-state index is -0.746. The predicted molar refractivity (Wildman–Crippen MR) is 104 cm³/mol. The Kier molecular flexibility index (Phi) is 4.28. The molecule has 3 aromatic rings. The van der Waals surface area contributed by atoms with Gasteiger partial charge in [0.25, 0.3) is 0 Å². The van der Waals surface area contributed by atoms with Gasteiger partial charge in [-0.3, -0.25) is 0 Å². The molecule has 6 nitrogen and oxygen atoms in total. The zero-order chi connectivity index (χ0) is 19.8.